The summed E-state index contributed by atoms with van der Waals surface area (Å²) in [6, 6.07) is 36.2. The minimum Gasteiger partial charge on any atom is -0.368 e. The molecule has 0 aliphatic carbocycles. The lowest BCUT2D eigenvalue weighted by atomic mass is 9.67. The van der Waals surface area contributed by atoms with Gasteiger partial charge in [0.25, 0.3) is 0 Å². The zero-order valence-electron chi connectivity index (χ0n) is 19.2. The molecule has 0 aliphatic rings. The van der Waals surface area contributed by atoms with Crippen molar-refractivity contribution in [3.8, 4) is 0 Å². The van der Waals surface area contributed by atoms with Crippen molar-refractivity contribution in [2.75, 3.05) is 0 Å². The summed E-state index contributed by atoms with van der Waals surface area (Å²) in [4.78, 5) is 25.9. The highest BCUT2D eigenvalue weighted by atomic mass is 35.5. The first-order valence-electron chi connectivity index (χ1n) is 11.5. The molecule has 3 N–H and O–H groups in total. The molecule has 5 heteroatoms. The number of amides is 2. The predicted octanol–water partition coefficient (Wildman–Crippen LogP) is 5.28. The van der Waals surface area contributed by atoms with Crippen LogP contribution in [0, 0.1) is 0 Å². The summed E-state index contributed by atoms with van der Waals surface area (Å²) in [5.41, 5.74) is 8.70. The molecule has 0 radical (unpaired) electrons. The van der Waals surface area contributed by atoms with Gasteiger partial charge in [0, 0.05) is 17.9 Å². The smallest absolute Gasteiger partial charge is 0.240 e. The predicted molar refractivity (Wildman–Crippen MR) is 140 cm³/mol. The van der Waals surface area contributed by atoms with Crippen molar-refractivity contribution >= 4 is 23.4 Å². The topological polar surface area (TPSA) is 72.2 Å². The Labute approximate surface area is 210 Å². The van der Waals surface area contributed by atoms with Crippen molar-refractivity contribution in [2.45, 2.75) is 24.3 Å². The Balaban J connectivity index is 1.73. The Bertz CT molecular complexity index is 1180. The average molecular weight is 483 g/mol. The highest BCUT2D eigenvalue weighted by Crippen LogP contribution is 2.42. The molecule has 2 amide bonds. The summed E-state index contributed by atoms with van der Waals surface area (Å²) in [5.74, 6) is -0.865. The second kappa shape index (κ2) is 11.0. The second-order valence-corrected chi connectivity index (χ2v) is 8.97. The average Bonchev–Trinajstić information content (AvgIpc) is 2.88. The normalized spacial score (nSPS) is 12.0. The Hall–Kier alpha value is -3.89. The van der Waals surface area contributed by atoms with Crippen molar-refractivity contribution in [3.05, 3.63) is 143 Å². The summed E-state index contributed by atoms with van der Waals surface area (Å²) >= 11 is 6.10. The lowest BCUT2D eigenvalue weighted by Crippen LogP contribution is -2.48. The van der Waals surface area contributed by atoms with E-state index in [0.29, 0.717) is 5.02 Å². The lowest BCUT2D eigenvalue weighted by molar-refractivity contribution is -0.127. The van der Waals surface area contributed by atoms with Crippen LogP contribution in [0.2, 0.25) is 5.02 Å². The number of nitrogens with two attached hydrogens (primary N) is 1. The summed E-state index contributed by atoms with van der Waals surface area (Å²) < 4.78 is 0. The third-order valence-electron chi connectivity index (χ3n) is 6.23. The highest BCUT2D eigenvalue weighted by molar-refractivity contribution is 6.30. The minimum atomic E-state index is -0.860. The van der Waals surface area contributed by atoms with Crippen LogP contribution in [0.5, 0.6) is 0 Å². The van der Waals surface area contributed by atoms with E-state index in [2.05, 4.69) is 5.32 Å². The van der Waals surface area contributed by atoms with Crippen molar-refractivity contribution < 1.29 is 9.59 Å². The van der Waals surface area contributed by atoms with E-state index < -0.39 is 17.4 Å². The van der Waals surface area contributed by atoms with Gasteiger partial charge in [0.05, 0.1) is 5.41 Å². The zero-order valence-corrected chi connectivity index (χ0v) is 20.0. The van der Waals surface area contributed by atoms with Crippen molar-refractivity contribution in [1.29, 1.82) is 0 Å². The lowest BCUT2D eigenvalue weighted by Gasteiger charge is -2.36. The first kappa shape index (κ1) is 24.2. The number of rotatable bonds is 9. The molecule has 0 heterocycles. The summed E-state index contributed by atoms with van der Waals surface area (Å²) in [6.45, 7) is 0. The monoisotopic (exact) mass is 482 g/mol. The third kappa shape index (κ3) is 5.61. The number of carbonyl (C=O) groups is 2. The molecular weight excluding hydrogens is 456 g/mol. The molecule has 0 bridgehead atoms. The van der Waals surface area contributed by atoms with Crippen molar-refractivity contribution in [1.82, 2.24) is 5.32 Å². The second-order valence-electron chi connectivity index (χ2n) is 8.54. The van der Waals surface area contributed by atoms with Gasteiger partial charge in [-0.2, -0.15) is 0 Å². The van der Waals surface area contributed by atoms with Gasteiger partial charge in [-0.1, -0.05) is 115 Å². The van der Waals surface area contributed by atoms with Gasteiger partial charge in [-0.15, -0.1) is 0 Å². The van der Waals surface area contributed by atoms with Crippen LogP contribution >= 0.6 is 11.6 Å². The van der Waals surface area contributed by atoms with Gasteiger partial charge in [0.1, 0.15) is 6.04 Å². The van der Waals surface area contributed by atoms with Gasteiger partial charge in [0.2, 0.25) is 11.8 Å². The van der Waals surface area contributed by atoms with Crippen LogP contribution < -0.4 is 11.1 Å². The summed E-state index contributed by atoms with van der Waals surface area (Å²) in [6.07, 6.45) is 0.362. The van der Waals surface area contributed by atoms with E-state index in [1.54, 1.807) is 12.1 Å². The minimum absolute atomic E-state index is 0.102. The van der Waals surface area contributed by atoms with Crippen LogP contribution in [-0.4, -0.2) is 17.9 Å². The Morgan fingerprint density at radius 2 is 1.23 bits per heavy atom. The fourth-order valence-electron chi connectivity index (χ4n) is 4.58. The molecule has 0 aromatic heterocycles. The van der Waals surface area contributed by atoms with E-state index in [-0.39, 0.29) is 18.7 Å². The maximum Gasteiger partial charge on any atom is 0.240 e. The molecule has 0 aliphatic heterocycles. The van der Waals surface area contributed by atoms with Crippen LogP contribution in [0.15, 0.2) is 115 Å². The van der Waals surface area contributed by atoms with E-state index in [1.165, 1.54) is 0 Å². The fourth-order valence-corrected chi connectivity index (χ4v) is 4.80. The SMILES string of the molecule is NC(=O)[C@H](Cc1cccc(Cl)c1)NC(=O)CC(c1ccccc1)(c1ccccc1)c1ccccc1. The van der Waals surface area contributed by atoms with Gasteiger partial charge in [-0.25, -0.2) is 0 Å². The molecule has 4 nitrogen and oxygen atoms in total. The molecule has 0 unspecified atom stereocenters. The molecule has 1 atom stereocenters. The Morgan fingerprint density at radius 1 is 0.743 bits per heavy atom. The van der Waals surface area contributed by atoms with Gasteiger partial charge in [-0.05, 0) is 34.4 Å². The number of nitrogens with one attached hydrogen (secondary N) is 1. The molecule has 4 aromatic rings. The molecular formula is C30H27ClN2O2. The Kier molecular flexibility index (Phi) is 7.64. The zero-order chi connectivity index (χ0) is 24.7. The Morgan fingerprint density at radius 3 is 1.66 bits per heavy atom. The molecule has 4 aromatic carbocycles. The maximum atomic E-state index is 13.6. The molecule has 0 saturated carbocycles. The number of carbonyl (C=O) groups excluding carboxylic acids is 2. The largest absolute Gasteiger partial charge is 0.368 e. The highest BCUT2D eigenvalue weighted by Gasteiger charge is 2.39. The van der Waals surface area contributed by atoms with E-state index in [1.807, 2.05) is 103 Å². The summed E-state index contributed by atoms with van der Waals surface area (Å²) in [7, 11) is 0. The maximum absolute atomic E-state index is 13.6. The number of primary amides is 1. The van der Waals surface area contributed by atoms with E-state index >= 15 is 0 Å². The van der Waals surface area contributed by atoms with Crippen molar-refractivity contribution in [3.63, 3.8) is 0 Å². The van der Waals surface area contributed by atoms with E-state index in [4.69, 9.17) is 17.3 Å². The van der Waals surface area contributed by atoms with Crippen LogP contribution in [0.3, 0.4) is 0 Å². The molecule has 35 heavy (non-hydrogen) atoms. The van der Waals surface area contributed by atoms with Crippen molar-refractivity contribution in [2.24, 2.45) is 5.73 Å². The number of hydrogen-bond acceptors (Lipinski definition) is 2. The number of halogens is 1. The molecule has 0 fully saturated rings. The van der Waals surface area contributed by atoms with Gasteiger partial charge < -0.3 is 11.1 Å². The molecule has 4 rings (SSSR count). The van der Waals surface area contributed by atoms with E-state index in [0.717, 1.165) is 22.3 Å². The quantitative estimate of drug-likeness (QED) is 0.319. The van der Waals surface area contributed by atoms with Crippen LogP contribution in [0.25, 0.3) is 0 Å². The molecule has 0 saturated heterocycles. The van der Waals surface area contributed by atoms with Gasteiger partial charge in [0.15, 0.2) is 0 Å². The van der Waals surface area contributed by atoms with Crippen LogP contribution in [0.4, 0.5) is 0 Å². The standard InChI is InChI=1S/C30H27ClN2O2/c31-26-18-10-11-22(19-26)20-27(29(32)35)33-28(34)21-30(23-12-4-1-5-13-23,24-14-6-2-7-15-24)25-16-8-3-9-17-25/h1-19,27H,20-21H2,(H2,32,35)(H,33,34)/t27-/m0/s1. The van der Waals surface area contributed by atoms with Crippen LogP contribution in [0.1, 0.15) is 28.7 Å². The fraction of sp³-hybridized carbons (Fsp3) is 0.133. The summed E-state index contributed by atoms with van der Waals surface area (Å²) in [5, 5.41) is 3.46. The molecule has 176 valence electrons. The molecule has 0 spiro atoms. The van der Waals surface area contributed by atoms with E-state index in [9.17, 15) is 9.59 Å². The third-order valence-corrected chi connectivity index (χ3v) is 6.47. The van der Waals surface area contributed by atoms with Gasteiger partial charge >= 0.3 is 0 Å². The van der Waals surface area contributed by atoms with Crippen LogP contribution in [-0.2, 0) is 21.4 Å². The number of benzene rings is 4. The number of hydrogen-bond donors (Lipinski definition) is 2. The first-order valence-corrected chi connectivity index (χ1v) is 11.9. The van der Waals surface area contributed by atoms with Gasteiger partial charge in [-0.3, -0.25) is 9.59 Å². The first-order chi connectivity index (χ1) is 17.0.